The summed E-state index contributed by atoms with van der Waals surface area (Å²) < 4.78 is 11.5. The van der Waals surface area contributed by atoms with E-state index in [9.17, 15) is 19.2 Å². The van der Waals surface area contributed by atoms with Crippen molar-refractivity contribution in [3.05, 3.63) is 16.6 Å². The largest absolute Gasteiger partial charge is 0.378 e. The lowest BCUT2D eigenvalue weighted by Gasteiger charge is -2.50. The van der Waals surface area contributed by atoms with Gasteiger partial charge in [0.05, 0.1) is 36.9 Å². The molecule has 238 valence electrons. The van der Waals surface area contributed by atoms with E-state index in [4.69, 9.17) is 9.47 Å². The molecule has 0 aromatic carbocycles. The second-order valence-electron chi connectivity index (χ2n) is 13.9. The third-order valence-electron chi connectivity index (χ3n) is 10.7. The maximum Gasteiger partial charge on any atom is 0.265 e. The first-order chi connectivity index (χ1) is 20.7. The lowest BCUT2D eigenvalue weighted by Crippen LogP contribution is -2.64. The number of hydrogen-bond acceptors (Lipinski definition) is 8. The first-order valence-corrected chi connectivity index (χ1v) is 16.7. The average molecular weight is 618 g/mol. The van der Waals surface area contributed by atoms with Crippen molar-refractivity contribution in [2.75, 3.05) is 65.6 Å². The fourth-order valence-corrected chi connectivity index (χ4v) is 8.69. The number of nitrogens with one attached hydrogen (secondary N) is 1. The van der Waals surface area contributed by atoms with Crippen LogP contribution in [-0.4, -0.2) is 116 Å². The van der Waals surface area contributed by atoms with E-state index in [0.717, 1.165) is 19.5 Å². The van der Waals surface area contributed by atoms with Gasteiger partial charge in [-0.1, -0.05) is 33.1 Å². The van der Waals surface area contributed by atoms with Gasteiger partial charge in [0.25, 0.3) is 5.91 Å². The molecular formula is C31H47N5O6S. The highest BCUT2D eigenvalue weighted by molar-refractivity contribution is 7.11. The number of rotatable bonds is 5. The summed E-state index contributed by atoms with van der Waals surface area (Å²) in [6.07, 6.45) is 8.54. The zero-order chi connectivity index (χ0) is 30.2. The van der Waals surface area contributed by atoms with Crippen LogP contribution < -0.4 is 5.32 Å². The molecule has 12 heteroatoms. The molecule has 5 aliphatic heterocycles. The number of thiazole rings is 1. The molecule has 43 heavy (non-hydrogen) atoms. The van der Waals surface area contributed by atoms with Crippen LogP contribution in [0.5, 0.6) is 0 Å². The number of hydrogen-bond donors (Lipinski definition) is 1. The Morgan fingerprint density at radius 3 is 2.58 bits per heavy atom. The summed E-state index contributed by atoms with van der Waals surface area (Å²) in [4.78, 5) is 60.2. The highest BCUT2D eigenvalue weighted by Gasteiger charge is 2.69. The normalized spacial score (nSPS) is 31.3. The average Bonchev–Trinajstić information content (AvgIpc) is 3.40. The van der Waals surface area contributed by atoms with Crippen molar-refractivity contribution in [3.8, 4) is 0 Å². The van der Waals surface area contributed by atoms with Crippen molar-refractivity contribution in [2.45, 2.75) is 52.1 Å². The molecular weight excluding hydrogens is 570 g/mol. The molecule has 4 amide bonds. The third kappa shape index (κ3) is 6.07. The number of aromatic nitrogens is 1. The minimum Gasteiger partial charge on any atom is -0.378 e. The molecule has 8 rings (SSSR count). The zero-order valence-corrected chi connectivity index (χ0v) is 26.2. The van der Waals surface area contributed by atoms with Gasteiger partial charge in [-0.15, -0.1) is 11.3 Å². The molecule has 6 heterocycles. The summed E-state index contributed by atoms with van der Waals surface area (Å²) in [5.41, 5.74) is 1.15. The lowest BCUT2D eigenvalue weighted by molar-refractivity contribution is -0.151. The van der Waals surface area contributed by atoms with Gasteiger partial charge < -0.3 is 29.5 Å². The fourth-order valence-electron chi connectivity index (χ4n) is 8.10. The molecule has 2 unspecified atom stereocenters. The minimum atomic E-state index is -0.364. The van der Waals surface area contributed by atoms with Gasteiger partial charge in [0, 0.05) is 71.1 Å². The van der Waals surface area contributed by atoms with Crippen LogP contribution >= 0.6 is 11.3 Å². The van der Waals surface area contributed by atoms with Gasteiger partial charge in [0.2, 0.25) is 18.2 Å². The molecule has 1 N–H and O–H groups in total. The van der Waals surface area contributed by atoms with E-state index >= 15 is 0 Å². The predicted octanol–water partition coefficient (Wildman–Crippen LogP) is 2.13. The summed E-state index contributed by atoms with van der Waals surface area (Å²) in [6.45, 7) is 10.3. The quantitative estimate of drug-likeness (QED) is 0.503. The highest BCUT2D eigenvalue weighted by Crippen LogP contribution is 2.62. The van der Waals surface area contributed by atoms with Crippen LogP contribution in [0.15, 0.2) is 11.7 Å². The standard InChI is InChI=1S/C26H36N4O4S.C5H9NO2.H2/c1-25(2)20-18(34-11-16-6-4-3-5-7-16)8-28-22(31)17-10-29(23(32)19-9-27-15-35-19)12-26(17)13-30(14-26)24(33)21(20)25;7-5-6-1-3-8-4-2-6;/h9,15-18,20-21H,3-8,10-14H2,1-2H3,(H,28,31);5H,1-4H2;1H/t17?,18-,20?,21+;;/m0../s1. The Kier molecular flexibility index (Phi) is 8.81. The van der Waals surface area contributed by atoms with Crippen LogP contribution in [0.4, 0.5) is 0 Å². The number of morpholine rings is 1. The Morgan fingerprint density at radius 2 is 1.93 bits per heavy atom. The molecule has 11 nitrogen and oxygen atoms in total. The van der Waals surface area contributed by atoms with Gasteiger partial charge in [-0.2, -0.15) is 0 Å². The first-order valence-electron chi connectivity index (χ1n) is 15.9. The number of fused-ring (bicyclic) bond motifs is 3. The van der Waals surface area contributed by atoms with E-state index in [2.05, 4.69) is 24.1 Å². The van der Waals surface area contributed by atoms with Crippen LogP contribution in [0, 0.1) is 34.5 Å². The number of ether oxygens (including phenoxy) is 2. The Hall–Kier alpha value is -2.57. The number of nitrogens with zero attached hydrogens (tertiary/aromatic N) is 4. The molecule has 1 spiro atoms. The first kappa shape index (κ1) is 30.5. The van der Waals surface area contributed by atoms with Crippen LogP contribution in [0.3, 0.4) is 0 Å². The Bertz CT molecular complexity index is 1180. The van der Waals surface area contributed by atoms with Crippen molar-refractivity contribution in [1.29, 1.82) is 0 Å². The van der Waals surface area contributed by atoms with Crippen LogP contribution in [0.1, 0.15) is 57.0 Å². The van der Waals surface area contributed by atoms with Gasteiger partial charge in [-0.3, -0.25) is 24.2 Å². The van der Waals surface area contributed by atoms with E-state index in [1.165, 1.54) is 43.4 Å². The summed E-state index contributed by atoms with van der Waals surface area (Å²) in [5, 5.41) is 3.20. The van der Waals surface area contributed by atoms with Crippen LogP contribution in [0.25, 0.3) is 0 Å². The van der Waals surface area contributed by atoms with Gasteiger partial charge in [0.1, 0.15) is 4.88 Å². The number of likely N-dealkylation sites (tertiary alicyclic amines) is 1. The van der Waals surface area contributed by atoms with Gasteiger partial charge in [0.15, 0.2) is 0 Å². The fraction of sp³-hybridized carbons (Fsp3) is 0.774. The second kappa shape index (κ2) is 12.4. The lowest BCUT2D eigenvalue weighted by atomic mass is 9.71. The van der Waals surface area contributed by atoms with Crippen molar-refractivity contribution >= 4 is 35.5 Å². The van der Waals surface area contributed by atoms with Gasteiger partial charge in [-0.05, 0) is 24.2 Å². The summed E-state index contributed by atoms with van der Waals surface area (Å²) in [6, 6.07) is 0. The second-order valence-corrected chi connectivity index (χ2v) is 14.7. The molecule has 2 saturated carbocycles. The minimum absolute atomic E-state index is 0. The van der Waals surface area contributed by atoms with E-state index in [0.29, 0.717) is 63.3 Å². The third-order valence-corrected chi connectivity index (χ3v) is 11.5. The summed E-state index contributed by atoms with van der Waals surface area (Å²) >= 11 is 1.32. The van der Waals surface area contributed by atoms with Gasteiger partial charge in [-0.25, -0.2) is 0 Å². The maximum atomic E-state index is 13.6. The summed E-state index contributed by atoms with van der Waals surface area (Å²) in [5.74, 6) is 0.423. The van der Waals surface area contributed by atoms with E-state index in [1.54, 1.807) is 21.5 Å². The van der Waals surface area contributed by atoms with Gasteiger partial charge >= 0.3 is 0 Å². The molecule has 2 aliphatic carbocycles. The Balaban J connectivity index is 0.000000373. The van der Waals surface area contributed by atoms with Crippen molar-refractivity contribution in [2.24, 2.45) is 34.5 Å². The molecule has 5 saturated heterocycles. The van der Waals surface area contributed by atoms with Crippen LogP contribution in [-0.2, 0) is 23.9 Å². The van der Waals surface area contributed by atoms with Crippen LogP contribution in [0.2, 0.25) is 0 Å². The van der Waals surface area contributed by atoms with Crippen molar-refractivity contribution in [1.82, 2.24) is 25.0 Å². The Labute approximate surface area is 259 Å². The predicted molar refractivity (Wildman–Crippen MR) is 161 cm³/mol. The summed E-state index contributed by atoms with van der Waals surface area (Å²) in [7, 11) is 0. The Morgan fingerprint density at radius 1 is 1.19 bits per heavy atom. The van der Waals surface area contributed by atoms with E-state index in [1.807, 2.05) is 4.90 Å². The number of amides is 4. The molecule has 2 bridgehead atoms. The molecule has 7 aliphatic rings. The number of carbonyl (C=O) groups is 4. The monoisotopic (exact) mass is 617 g/mol. The van der Waals surface area contributed by atoms with E-state index in [-0.39, 0.29) is 53.8 Å². The van der Waals surface area contributed by atoms with Crippen molar-refractivity contribution in [3.63, 3.8) is 0 Å². The van der Waals surface area contributed by atoms with E-state index < -0.39 is 0 Å². The maximum absolute atomic E-state index is 13.6. The topological polar surface area (TPSA) is 121 Å². The smallest absolute Gasteiger partial charge is 0.265 e. The molecule has 1 aromatic rings. The SMILES string of the molecule is CC1(C)C2[C@@H](OCC3CCCCC3)CNC(=O)C3CN(C(=O)c4cncs4)CC34CN(C4)C(=O)[C@@H]21.O=CN1CCOCC1.[HH]. The molecule has 0 radical (unpaired) electrons. The zero-order valence-electron chi connectivity index (χ0n) is 25.4. The molecule has 7 fully saturated rings. The highest BCUT2D eigenvalue weighted by atomic mass is 32.1. The van der Waals surface area contributed by atoms with Crippen molar-refractivity contribution < 1.29 is 30.1 Å². The molecule has 4 atom stereocenters. The molecule has 1 aromatic heterocycles. The number of carbonyl (C=O) groups excluding carboxylic acids is 4.